The van der Waals surface area contributed by atoms with Crippen LogP contribution in [0.15, 0.2) is 29.5 Å². The van der Waals surface area contributed by atoms with Crippen molar-refractivity contribution < 1.29 is 9.50 Å². The molecule has 2 unspecified atom stereocenters. The van der Waals surface area contributed by atoms with Crippen LogP contribution in [0.25, 0.3) is 17.3 Å². The first-order valence-corrected chi connectivity index (χ1v) is 9.77. The molecule has 2 N–H and O–H groups in total. The number of aryl methyl sites for hydroxylation is 1. The van der Waals surface area contributed by atoms with Gasteiger partial charge in [-0.1, -0.05) is 0 Å². The van der Waals surface area contributed by atoms with E-state index in [9.17, 15) is 9.50 Å². The van der Waals surface area contributed by atoms with Gasteiger partial charge in [-0.15, -0.1) is 10.2 Å². The first kappa shape index (κ1) is 19.4. The van der Waals surface area contributed by atoms with Crippen molar-refractivity contribution in [1.82, 2.24) is 20.5 Å². The molecule has 2 aromatic rings. The number of aliphatic imine (C=N–C) groups is 1. The van der Waals surface area contributed by atoms with Gasteiger partial charge in [0.2, 0.25) is 5.95 Å². The Balaban J connectivity index is 1.58. The van der Waals surface area contributed by atoms with Crippen LogP contribution in [0.3, 0.4) is 0 Å². The molecule has 29 heavy (non-hydrogen) atoms. The second-order valence-electron chi connectivity index (χ2n) is 7.77. The van der Waals surface area contributed by atoms with E-state index in [1.54, 1.807) is 29.4 Å². The highest BCUT2D eigenvalue weighted by molar-refractivity contribution is 5.72. The summed E-state index contributed by atoms with van der Waals surface area (Å²) < 4.78 is 14.8. The summed E-state index contributed by atoms with van der Waals surface area (Å²) in [6.07, 6.45) is 6.61. The number of fused-ring (bicyclic) bond motifs is 2. The summed E-state index contributed by atoms with van der Waals surface area (Å²) in [6.45, 7) is 5.33. The number of anilines is 1. The number of hydrogen-bond acceptors (Lipinski definition) is 7. The molecule has 4 atom stereocenters. The Morgan fingerprint density at radius 3 is 2.90 bits per heavy atom. The third-order valence-electron chi connectivity index (χ3n) is 5.94. The van der Waals surface area contributed by atoms with E-state index in [4.69, 9.17) is 0 Å². The molecule has 3 heterocycles. The number of aromatic hydroxyl groups is 1. The van der Waals surface area contributed by atoms with Gasteiger partial charge in [0.15, 0.2) is 0 Å². The highest BCUT2D eigenvalue weighted by Crippen LogP contribution is 2.34. The van der Waals surface area contributed by atoms with Gasteiger partial charge in [0.1, 0.15) is 17.6 Å². The SMILES string of the molecule is C=N/C=C\c1cc(-c2cnc(N(C)[C@H]3CC4CCC(N4)[C@@H]3F)nn2)c(O)cc1C. The van der Waals surface area contributed by atoms with E-state index in [1.807, 2.05) is 20.0 Å². The third kappa shape index (κ3) is 3.72. The van der Waals surface area contributed by atoms with E-state index in [-0.39, 0.29) is 17.8 Å². The molecule has 152 valence electrons. The summed E-state index contributed by atoms with van der Waals surface area (Å²) >= 11 is 0. The maximum Gasteiger partial charge on any atom is 0.245 e. The molecule has 2 aliphatic rings. The smallest absolute Gasteiger partial charge is 0.245 e. The zero-order valence-corrected chi connectivity index (χ0v) is 16.6. The van der Waals surface area contributed by atoms with E-state index in [0.29, 0.717) is 23.2 Å². The fraction of sp³-hybridized carbons (Fsp3) is 0.429. The lowest BCUT2D eigenvalue weighted by Gasteiger charge is -2.38. The second kappa shape index (κ2) is 7.87. The predicted molar refractivity (Wildman–Crippen MR) is 112 cm³/mol. The van der Waals surface area contributed by atoms with Crippen LogP contribution in [-0.2, 0) is 0 Å². The van der Waals surface area contributed by atoms with Crippen molar-refractivity contribution in [3.8, 4) is 17.0 Å². The summed E-state index contributed by atoms with van der Waals surface area (Å²) in [6, 6.07) is 3.47. The van der Waals surface area contributed by atoms with E-state index < -0.39 is 6.17 Å². The zero-order valence-electron chi connectivity index (χ0n) is 16.6. The molecular weight excluding hydrogens is 371 g/mol. The number of rotatable bonds is 5. The number of piperidine rings is 1. The van der Waals surface area contributed by atoms with Gasteiger partial charge in [-0.2, -0.15) is 0 Å². The van der Waals surface area contributed by atoms with E-state index in [1.165, 1.54) is 0 Å². The molecule has 2 fully saturated rings. The van der Waals surface area contributed by atoms with Crippen molar-refractivity contribution in [2.45, 2.75) is 50.5 Å². The summed E-state index contributed by atoms with van der Waals surface area (Å²) in [5.41, 5.74) is 2.76. The summed E-state index contributed by atoms with van der Waals surface area (Å²) in [5.74, 6) is 0.479. The van der Waals surface area contributed by atoms with Gasteiger partial charge >= 0.3 is 0 Å². The van der Waals surface area contributed by atoms with Crippen LogP contribution in [0.1, 0.15) is 30.4 Å². The monoisotopic (exact) mass is 396 g/mol. The Kier molecular flexibility index (Phi) is 5.27. The largest absolute Gasteiger partial charge is 0.507 e. The zero-order chi connectivity index (χ0) is 20.5. The minimum atomic E-state index is -0.962. The normalized spacial score (nSPS) is 26.0. The lowest BCUT2D eigenvalue weighted by Crippen LogP contribution is -2.55. The maximum absolute atomic E-state index is 14.8. The van der Waals surface area contributed by atoms with Crippen LogP contribution in [0.5, 0.6) is 5.75 Å². The Labute approximate surface area is 169 Å². The molecule has 8 heteroatoms. The highest BCUT2D eigenvalue weighted by atomic mass is 19.1. The first-order chi connectivity index (χ1) is 14.0. The van der Waals surface area contributed by atoms with Crippen LogP contribution in [0, 0.1) is 6.92 Å². The minimum absolute atomic E-state index is 0.0885. The number of nitrogens with zero attached hydrogens (tertiary/aromatic N) is 5. The number of phenolic OH excluding ortho intramolecular Hbond substituents is 1. The standard InChI is InChI=1S/C21H25FN6O/c1-12-8-19(29)15(9-13(12)6-7-23-2)17-11-24-21(27-26-17)28(3)18-10-14-4-5-16(25-14)20(18)22/h6-9,11,14,16,18,20,25,29H,2,4-5,10H2,1,3H3/b7-6-/t14?,16?,18-,20-/m0/s1. The molecule has 4 rings (SSSR count). The number of halogens is 1. The van der Waals surface area contributed by atoms with Crippen molar-refractivity contribution in [1.29, 1.82) is 0 Å². The highest BCUT2D eigenvalue weighted by Gasteiger charge is 2.44. The Morgan fingerprint density at radius 2 is 2.17 bits per heavy atom. The maximum atomic E-state index is 14.8. The lowest BCUT2D eigenvalue weighted by molar-refractivity contribution is 0.175. The average Bonchev–Trinajstić information content (AvgIpc) is 3.13. The summed E-state index contributed by atoms with van der Waals surface area (Å²) in [7, 11) is 1.81. The van der Waals surface area contributed by atoms with Crippen molar-refractivity contribution in [2.75, 3.05) is 11.9 Å². The van der Waals surface area contributed by atoms with Crippen LogP contribution >= 0.6 is 0 Å². The lowest BCUT2D eigenvalue weighted by atomic mass is 9.97. The summed E-state index contributed by atoms with van der Waals surface area (Å²) in [4.78, 5) is 9.90. The fourth-order valence-electron chi connectivity index (χ4n) is 4.28. The molecule has 7 nitrogen and oxygen atoms in total. The van der Waals surface area contributed by atoms with Crippen LogP contribution in [-0.4, -0.2) is 58.4 Å². The fourth-order valence-corrected chi connectivity index (χ4v) is 4.28. The molecular formula is C21H25FN6O. The quantitative estimate of drug-likeness (QED) is 0.756. The number of aromatic nitrogens is 3. The van der Waals surface area contributed by atoms with Crippen molar-refractivity contribution in [2.24, 2.45) is 4.99 Å². The third-order valence-corrected chi connectivity index (χ3v) is 5.94. The minimum Gasteiger partial charge on any atom is -0.507 e. The van der Waals surface area contributed by atoms with Crippen LogP contribution < -0.4 is 10.2 Å². The van der Waals surface area contributed by atoms with Gasteiger partial charge in [0.25, 0.3) is 0 Å². The molecule has 0 radical (unpaired) electrons. The number of alkyl halides is 1. The summed E-state index contributed by atoms with van der Waals surface area (Å²) in [5, 5.41) is 22.1. The molecule has 1 aromatic carbocycles. The molecule has 0 spiro atoms. The average molecular weight is 396 g/mol. The molecule has 2 saturated heterocycles. The topological polar surface area (TPSA) is 86.5 Å². The number of nitrogens with one attached hydrogen (secondary N) is 1. The van der Waals surface area contributed by atoms with Gasteiger partial charge in [-0.05, 0) is 62.2 Å². The van der Waals surface area contributed by atoms with Crippen molar-refractivity contribution in [3.05, 3.63) is 35.7 Å². The van der Waals surface area contributed by atoms with Gasteiger partial charge in [0, 0.05) is 30.9 Å². The van der Waals surface area contributed by atoms with Gasteiger partial charge in [-0.25, -0.2) is 9.37 Å². The number of hydrogen-bond donors (Lipinski definition) is 2. The first-order valence-electron chi connectivity index (χ1n) is 9.77. The Morgan fingerprint density at radius 1 is 1.34 bits per heavy atom. The van der Waals surface area contributed by atoms with E-state index >= 15 is 0 Å². The van der Waals surface area contributed by atoms with Gasteiger partial charge in [0.05, 0.1) is 12.2 Å². The molecule has 1 aromatic heterocycles. The van der Waals surface area contributed by atoms with E-state index in [0.717, 1.165) is 30.4 Å². The molecule has 0 aliphatic carbocycles. The van der Waals surface area contributed by atoms with Crippen LogP contribution in [0.4, 0.5) is 10.3 Å². The molecule has 0 amide bonds. The van der Waals surface area contributed by atoms with Crippen molar-refractivity contribution in [3.63, 3.8) is 0 Å². The number of phenols is 1. The molecule has 0 saturated carbocycles. The molecule has 2 bridgehead atoms. The van der Waals surface area contributed by atoms with Crippen LogP contribution in [0.2, 0.25) is 0 Å². The Hall–Kier alpha value is -2.87. The molecule has 2 aliphatic heterocycles. The predicted octanol–water partition coefficient (Wildman–Crippen LogP) is 2.89. The second-order valence-corrected chi connectivity index (χ2v) is 7.77. The van der Waals surface area contributed by atoms with Crippen molar-refractivity contribution >= 4 is 18.7 Å². The number of benzene rings is 1. The van der Waals surface area contributed by atoms with Gasteiger partial charge in [-0.3, -0.25) is 4.99 Å². The van der Waals surface area contributed by atoms with Gasteiger partial charge < -0.3 is 15.3 Å². The Bertz CT molecular complexity index is 932. The van der Waals surface area contributed by atoms with E-state index in [2.05, 4.69) is 32.2 Å².